The molecule has 4 rings (SSSR count). The number of fused-ring (bicyclic) bond motifs is 5. The van der Waals surface area contributed by atoms with Crippen molar-refractivity contribution in [3.63, 3.8) is 0 Å². The fraction of sp³-hybridized carbons (Fsp3) is 0.400. The maximum atomic E-state index is 4.60. The third-order valence-electron chi connectivity index (χ3n) is 4.06. The van der Waals surface area contributed by atoms with Crippen molar-refractivity contribution in [1.29, 1.82) is 0 Å². The highest BCUT2D eigenvalue weighted by Crippen LogP contribution is 2.29. The molecule has 0 bridgehead atoms. The van der Waals surface area contributed by atoms with Crippen LogP contribution in [0.25, 0.3) is 27.7 Å². The summed E-state index contributed by atoms with van der Waals surface area (Å²) < 4.78 is 3.54. The van der Waals surface area contributed by atoms with Gasteiger partial charge in [0.2, 0.25) is 0 Å². The van der Waals surface area contributed by atoms with Crippen LogP contribution >= 0.6 is 0 Å². The predicted molar refractivity (Wildman–Crippen MR) is 92.1 cm³/mol. The summed E-state index contributed by atoms with van der Waals surface area (Å²) in [6.45, 7) is 3.66. The number of likely N-dealkylation sites (N-methyl/N-ethyl adjacent to an activating group) is 1. The number of aromatic nitrogens is 7. The molecule has 0 aliphatic heterocycles. The summed E-state index contributed by atoms with van der Waals surface area (Å²) in [5, 5.41) is 14.1. The van der Waals surface area contributed by atoms with Gasteiger partial charge in [-0.3, -0.25) is 4.68 Å². The Bertz CT molecular complexity index is 1040. The van der Waals surface area contributed by atoms with E-state index in [1.807, 2.05) is 34.3 Å². The molecule has 0 fully saturated rings. The quantitative estimate of drug-likeness (QED) is 0.595. The zero-order chi connectivity index (χ0) is 16.8. The van der Waals surface area contributed by atoms with Crippen molar-refractivity contribution in [2.24, 2.45) is 7.05 Å². The predicted octanol–water partition coefficient (Wildman–Crippen LogP) is 0.841. The summed E-state index contributed by atoms with van der Waals surface area (Å²) in [6.07, 6.45) is 3.34. The number of nitrogens with one attached hydrogen (secondary N) is 1. The third-order valence-corrected chi connectivity index (χ3v) is 4.06. The van der Waals surface area contributed by atoms with E-state index in [0.29, 0.717) is 5.78 Å². The highest BCUT2D eigenvalue weighted by molar-refractivity contribution is 6.07. The number of rotatable bonds is 4. The number of pyridine rings is 1. The number of hydrogen-bond acceptors (Lipinski definition) is 7. The van der Waals surface area contributed by atoms with Crippen molar-refractivity contribution in [3.05, 3.63) is 18.2 Å². The molecule has 0 amide bonds. The first kappa shape index (κ1) is 14.8. The zero-order valence-electron chi connectivity index (χ0n) is 14.1. The fourth-order valence-corrected chi connectivity index (χ4v) is 2.95. The van der Waals surface area contributed by atoms with Gasteiger partial charge in [-0.25, -0.2) is 4.98 Å². The van der Waals surface area contributed by atoms with Crippen molar-refractivity contribution in [2.75, 3.05) is 32.5 Å². The minimum Gasteiger partial charge on any atom is -0.368 e. The van der Waals surface area contributed by atoms with Gasteiger partial charge in [0, 0.05) is 26.3 Å². The second-order valence-corrected chi connectivity index (χ2v) is 6.09. The molecule has 0 aliphatic rings. The molecule has 9 heteroatoms. The average molecular weight is 325 g/mol. The monoisotopic (exact) mass is 325 g/mol. The lowest BCUT2D eigenvalue weighted by Gasteiger charge is -2.13. The maximum absolute atomic E-state index is 4.60. The van der Waals surface area contributed by atoms with Crippen LogP contribution in [0.15, 0.2) is 12.5 Å². The van der Waals surface area contributed by atoms with E-state index in [0.717, 1.165) is 46.5 Å². The SMILES string of the molecule is Cc1nn(C)c2ncc3c(NCCN(C)C)nc4ncnn4c3c12. The summed E-state index contributed by atoms with van der Waals surface area (Å²) in [7, 11) is 5.97. The van der Waals surface area contributed by atoms with Crippen LogP contribution in [0.3, 0.4) is 0 Å². The second-order valence-electron chi connectivity index (χ2n) is 6.09. The van der Waals surface area contributed by atoms with Gasteiger partial charge in [-0.2, -0.15) is 24.7 Å². The first-order chi connectivity index (χ1) is 11.6. The number of aryl methyl sites for hydroxylation is 2. The summed E-state index contributed by atoms with van der Waals surface area (Å²) >= 11 is 0. The van der Waals surface area contributed by atoms with Gasteiger partial charge >= 0.3 is 0 Å². The second kappa shape index (κ2) is 5.38. The van der Waals surface area contributed by atoms with Gasteiger partial charge in [0.15, 0.2) is 5.65 Å². The van der Waals surface area contributed by atoms with E-state index in [2.05, 4.69) is 35.4 Å². The van der Waals surface area contributed by atoms with E-state index in [9.17, 15) is 0 Å². The van der Waals surface area contributed by atoms with E-state index in [1.165, 1.54) is 6.33 Å². The van der Waals surface area contributed by atoms with E-state index in [4.69, 9.17) is 0 Å². The molecule has 4 heterocycles. The molecule has 0 unspecified atom stereocenters. The maximum Gasteiger partial charge on any atom is 0.254 e. The Kier molecular flexibility index (Phi) is 3.31. The molecule has 0 aromatic carbocycles. The van der Waals surface area contributed by atoms with Crippen LogP contribution in [0.1, 0.15) is 5.69 Å². The van der Waals surface area contributed by atoms with Crippen molar-refractivity contribution in [3.8, 4) is 0 Å². The first-order valence-electron chi connectivity index (χ1n) is 7.76. The Labute approximate surface area is 138 Å². The molecule has 0 radical (unpaired) electrons. The summed E-state index contributed by atoms with van der Waals surface area (Å²) in [6, 6.07) is 0. The zero-order valence-corrected chi connectivity index (χ0v) is 14.1. The minimum atomic E-state index is 0.561. The molecule has 124 valence electrons. The minimum absolute atomic E-state index is 0.561. The van der Waals surface area contributed by atoms with E-state index >= 15 is 0 Å². The summed E-state index contributed by atoms with van der Waals surface area (Å²) in [5.41, 5.74) is 2.66. The van der Waals surface area contributed by atoms with Crippen LogP contribution in [0, 0.1) is 6.92 Å². The Morgan fingerprint density at radius 3 is 2.88 bits per heavy atom. The van der Waals surface area contributed by atoms with E-state index < -0.39 is 0 Å². The Balaban J connectivity index is 2.01. The highest BCUT2D eigenvalue weighted by atomic mass is 15.3. The molecule has 1 N–H and O–H groups in total. The lowest BCUT2D eigenvalue weighted by molar-refractivity contribution is 0.425. The molecule has 0 spiro atoms. The number of anilines is 1. The van der Waals surface area contributed by atoms with E-state index in [-0.39, 0.29) is 0 Å². The molecule has 0 saturated heterocycles. The molecule has 4 aromatic rings. The van der Waals surface area contributed by atoms with Crippen LogP contribution in [-0.2, 0) is 7.05 Å². The molecule has 0 saturated carbocycles. The molecule has 0 atom stereocenters. The average Bonchev–Trinajstić information content (AvgIpc) is 3.11. The van der Waals surface area contributed by atoms with Crippen LogP contribution in [0.5, 0.6) is 0 Å². The van der Waals surface area contributed by atoms with Crippen LogP contribution in [0.4, 0.5) is 5.82 Å². The van der Waals surface area contributed by atoms with Crippen LogP contribution in [-0.4, -0.2) is 66.4 Å². The van der Waals surface area contributed by atoms with Gasteiger partial charge in [0.1, 0.15) is 12.1 Å². The van der Waals surface area contributed by atoms with Gasteiger partial charge in [0.25, 0.3) is 5.78 Å². The lowest BCUT2D eigenvalue weighted by Crippen LogP contribution is -2.21. The van der Waals surface area contributed by atoms with Crippen LogP contribution in [0.2, 0.25) is 0 Å². The van der Waals surface area contributed by atoms with Crippen molar-refractivity contribution in [2.45, 2.75) is 6.92 Å². The smallest absolute Gasteiger partial charge is 0.254 e. The standard InChI is InChI=1S/C15H19N9/c1-9-11-12-10(7-17-14(11)23(4)21-9)13(16-5-6-22(2)3)20-15-18-8-19-24(12)15/h7-8H,5-6H2,1-4H3,(H,16,18,19,20). The van der Waals surface area contributed by atoms with Gasteiger partial charge in [0.05, 0.1) is 22.0 Å². The van der Waals surface area contributed by atoms with Crippen molar-refractivity contribution >= 4 is 33.5 Å². The van der Waals surface area contributed by atoms with Gasteiger partial charge in [-0.05, 0) is 21.0 Å². The van der Waals surface area contributed by atoms with Crippen molar-refractivity contribution in [1.82, 2.24) is 39.2 Å². The molecule has 9 nitrogen and oxygen atoms in total. The van der Waals surface area contributed by atoms with E-state index in [1.54, 1.807) is 9.20 Å². The Morgan fingerprint density at radius 1 is 1.25 bits per heavy atom. The van der Waals surface area contributed by atoms with Gasteiger partial charge < -0.3 is 10.2 Å². The summed E-state index contributed by atoms with van der Waals surface area (Å²) in [5.74, 6) is 1.33. The molecular formula is C15H19N9. The first-order valence-corrected chi connectivity index (χ1v) is 7.76. The largest absolute Gasteiger partial charge is 0.368 e. The molecule has 0 aliphatic carbocycles. The van der Waals surface area contributed by atoms with Crippen LogP contribution < -0.4 is 5.32 Å². The molecule has 4 aromatic heterocycles. The van der Waals surface area contributed by atoms with Crippen molar-refractivity contribution < 1.29 is 0 Å². The summed E-state index contributed by atoms with van der Waals surface area (Å²) in [4.78, 5) is 15.5. The fourth-order valence-electron chi connectivity index (χ4n) is 2.95. The number of nitrogens with zero attached hydrogens (tertiary/aromatic N) is 8. The van der Waals surface area contributed by atoms with Gasteiger partial charge in [-0.1, -0.05) is 0 Å². The highest BCUT2D eigenvalue weighted by Gasteiger charge is 2.17. The molecular weight excluding hydrogens is 306 g/mol. The Morgan fingerprint density at radius 2 is 2.08 bits per heavy atom. The van der Waals surface area contributed by atoms with Gasteiger partial charge in [-0.15, -0.1) is 0 Å². The third kappa shape index (κ3) is 2.16. The number of hydrogen-bond donors (Lipinski definition) is 1. The lowest BCUT2D eigenvalue weighted by atomic mass is 10.2. The normalized spacial score (nSPS) is 12.0. The Hall–Kier alpha value is -2.81. The molecule has 24 heavy (non-hydrogen) atoms. The topological polar surface area (TPSA) is 89.1 Å².